The van der Waals surface area contributed by atoms with E-state index in [0.29, 0.717) is 5.78 Å². The Morgan fingerprint density at radius 2 is 1.53 bits per heavy atom. The van der Waals surface area contributed by atoms with Crippen LogP contribution in [0.3, 0.4) is 0 Å². The number of rotatable bonds is 2. The van der Waals surface area contributed by atoms with E-state index in [1.807, 2.05) is 0 Å². The zero-order valence-electron chi connectivity index (χ0n) is 11.4. The lowest BCUT2D eigenvalue weighted by Gasteiger charge is -2.30. The van der Waals surface area contributed by atoms with Crippen molar-refractivity contribution in [2.45, 2.75) is 58.8 Å². The Morgan fingerprint density at radius 3 is 1.94 bits per heavy atom. The second-order valence-corrected chi connectivity index (χ2v) is 5.62. The summed E-state index contributed by atoms with van der Waals surface area (Å²) >= 11 is 0. The third-order valence-electron chi connectivity index (χ3n) is 4.29. The van der Waals surface area contributed by atoms with E-state index in [4.69, 9.17) is 0 Å². The molecule has 0 bridgehead atoms. The third kappa shape index (κ3) is 1.92. The van der Waals surface area contributed by atoms with Gasteiger partial charge in [-0.3, -0.25) is 4.79 Å². The second kappa shape index (κ2) is 4.29. The van der Waals surface area contributed by atoms with Crippen LogP contribution in [0.5, 0.6) is 0 Å². The molecule has 2 rings (SSSR count). The van der Waals surface area contributed by atoms with Gasteiger partial charge in [0.05, 0.1) is 5.41 Å². The van der Waals surface area contributed by atoms with Gasteiger partial charge in [0.25, 0.3) is 0 Å². The molecular weight excluding hydrogens is 208 g/mol. The number of carbonyl (C=O) groups excluding carboxylic acids is 1. The molecule has 0 radical (unpaired) electrons. The Bertz CT molecular complexity index is 428. The normalized spacial score (nSPS) is 18.4. The Morgan fingerprint density at radius 1 is 1.06 bits per heavy atom. The molecule has 0 aromatic heterocycles. The molecular formula is C16H22O. The number of carbonyl (C=O) groups is 1. The van der Waals surface area contributed by atoms with E-state index in [9.17, 15) is 4.79 Å². The molecule has 0 amide bonds. The largest absolute Gasteiger partial charge is 0.299 e. The van der Waals surface area contributed by atoms with Crippen molar-refractivity contribution in [1.29, 1.82) is 0 Å². The molecule has 0 heterocycles. The number of aryl methyl sites for hydroxylation is 3. The highest BCUT2D eigenvalue weighted by Crippen LogP contribution is 2.44. The van der Waals surface area contributed by atoms with Gasteiger partial charge in [0.15, 0.2) is 0 Å². The minimum absolute atomic E-state index is 0.179. The highest BCUT2D eigenvalue weighted by atomic mass is 16.1. The molecule has 0 spiro atoms. The number of ketones is 1. The molecule has 0 unspecified atom stereocenters. The summed E-state index contributed by atoms with van der Waals surface area (Å²) in [4.78, 5) is 12.2. The van der Waals surface area contributed by atoms with E-state index >= 15 is 0 Å². The van der Waals surface area contributed by atoms with Crippen LogP contribution in [0.4, 0.5) is 0 Å². The molecule has 1 aliphatic rings. The van der Waals surface area contributed by atoms with Crippen LogP contribution in [0.2, 0.25) is 0 Å². The molecule has 1 nitrogen and oxygen atoms in total. The molecule has 92 valence electrons. The van der Waals surface area contributed by atoms with Crippen LogP contribution in [0.25, 0.3) is 0 Å². The van der Waals surface area contributed by atoms with E-state index in [2.05, 4.69) is 32.9 Å². The van der Waals surface area contributed by atoms with E-state index < -0.39 is 0 Å². The quantitative estimate of drug-likeness (QED) is 0.750. The summed E-state index contributed by atoms with van der Waals surface area (Å²) in [7, 11) is 0. The number of hydrogen-bond donors (Lipinski definition) is 0. The fourth-order valence-electron chi connectivity index (χ4n) is 3.69. The lowest BCUT2D eigenvalue weighted by atomic mass is 9.72. The van der Waals surface area contributed by atoms with E-state index in [1.54, 1.807) is 6.92 Å². The highest BCUT2D eigenvalue weighted by Gasteiger charge is 2.41. The number of hydrogen-bond acceptors (Lipinski definition) is 1. The predicted octanol–water partition coefficient (Wildman–Crippen LogP) is 4.01. The van der Waals surface area contributed by atoms with Gasteiger partial charge in [-0.1, -0.05) is 30.5 Å². The van der Waals surface area contributed by atoms with Crippen molar-refractivity contribution in [3.05, 3.63) is 34.4 Å². The average molecular weight is 230 g/mol. The topological polar surface area (TPSA) is 17.1 Å². The van der Waals surface area contributed by atoms with Crippen LogP contribution in [0.1, 0.15) is 54.9 Å². The maximum absolute atomic E-state index is 12.2. The summed E-state index contributed by atoms with van der Waals surface area (Å²) in [6.07, 6.45) is 4.44. The Kier molecular flexibility index (Phi) is 3.11. The molecule has 1 aliphatic carbocycles. The molecule has 0 atom stereocenters. The molecule has 0 aliphatic heterocycles. The summed E-state index contributed by atoms with van der Waals surface area (Å²) in [6.45, 7) is 8.19. The molecule has 1 aromatic rings. The van der Waals surface area contributed by atoms with Crippen LogP contribution in [-0.4, -0.2) is 5.78 Å². The fourth-order valence-corrected chi connectivity index (χ4v) is 3.69. The summed E-state index contributed by atoms with van der Waals surface area (Å²) in [5, 5.41) is 0. The van der Waals surface area contributed by atoms with Gasteiger partial charge in [-0.25, -0.2) is 0 Å². The van der Waals surface area contributed by atoms with Crippen LogP contribution in [-0.2, 0) is 10.2 Å². The Balaban J connectivity index is 2.62. The van der Waals surface area contributed by atoms with Crippen molar-refractivity contribution in [1.82, 2.24) is 0 Å². The molecule has 1 fully saturated rings. The van der Waals surface area contributed by atoms with Gasteiger partial charge in [-0.05, 0) is 57.2 Å². The first kappa shape index (κ1) is 12.3. The zero-order valence-corrected chi connectivity index (χ0v) is 11.4. The van der Waals surface area contributed by atoms with Crippen LogP contribution < -0.4 is 0 Å². The van der Waals surface area contributed by atoms with Crippen molar-refractivity contribution < 1.29 is 4.79 Å². The van der Waals surface area contributed by atoms with Crippen LogP contribution in [0, 0.1) is 20.8 Å². The molecule has 0 N–H and O–H groups in total. The van der Waals surface area contributed by atoms with Gasteiger partial charge >= 0.3 is 0 Å². The number of Topliss-reactive ketones (excluding diaryl/α,β-unsaturated/α-hetero) is 1. The van der Waals surface area contributed by atoms with Gasteiger partial charge < -0.3 is 0 Å². The summed E-state index contributed by atoms with van der Waals surface area (Å²) in [5.74, 6) is 0.352. The SMILES string of the molecule is CC(=O)C1(c2c(C)cc(C)cc2C)CCCC1. The van der Waals surface area contributed by atoms with Crippen molar-refractivity contribution in [3.63, 3.8) is 0 Å². The monoisotopic (exact) mass is 230 g/mol. The Hall–Kier alpha value is -1.11. The fraction of sp³-hybridized carbons (Fsp3) is 0.562. The van der Waals surface area contributed by atoms with Gasteiger partial charge in [-0.15, -0.1) is 0 Å². The van der Waals surface area contributed by atoms with E-state index in [0.717, 1.165) is 12.8 Å². The van der Waals surface area contributed by atoms with Gasteiger partial charge in [-0.2, -0.15) is 0 Å². The zero-order chi connectivity index (χ0) is 12.6. The summed E-state index contributed by atoms with van der Waals surface area (Å²) in [5.41, 5.74) is 5.01. The standard InChI is InChI=1S/C16H22O/c1-11-9-12(2)15(13(3)10-11)16(14(4)17)7-5-6-8-16/h9-10H,5-8H2,1-4H3. The number of benzene rings is 1. The van der Waals surface area contributed by atoms with Crippen LogP contribution in [0.15, 0.2) is 12.1 Å². The van der Waals surface area contributed by atoms with Gasteiger partial charge in [0.1, 0.15) is 5.78 Å². The predicted molar refractivity (Wildman–Crippen MR) is 71.5 cm³/mol. The molecule has 1 aromatic carbocycles. The van der Waals surface area contributed by atoms with E-state index in [1.165, 1.54) is 35.1 Å². The lowest BCUT2D eigenvalue weighted by molar-refractivity contribution is -0.122. The van der Waals surface area contributed by atoms with Gasteiger partial charge in [0, 0.05) is 0 Å². The first-order chi connectivity index (χ1) is 7.97. The maximum Gasteiger partial charge on any atom is 0.140 e. The minimum Gasteiger partial charge on any atom is -0.299 e. The third-order valence-corrected chi connectivity index (χ3v) is 4.29. The van der Waals surface area contributed by atoms with E-state index in [-0.39, 0.29) is 5.41 Å². The van der Waals surface area contributed by atoms with Crippen molar-refractivity contribution >= 4 is 5.78 Å². The first-order valence-corrected chi connectivity index (χ1v) is 6.57. The summed E-state index contributed by atoms with van der Waals surface area (Å²) in [6, 6.07) is 4.43. The molecule has 0 saturated heterocycles. The minimum atomic E-state index is -0.179. The van der Waals surface area contributed by atoms with Gasteiger partial charge in [0.2, 0.25) is 0 Å². The lowest BCUT2D eigenvalue weighted by Crippen LogP contribution is -2.32. The maximum atomic E-state index is 12.2. The van der Waals surface area contributed by atoms with Crippen molar-refractivity contribution in [3.8, 4) is 0 Å². The molecule has 1 saturated carbocycles. The van der Waals surface area contributed by atoms with Crippen molar-refractivity contribution in [2.24, 2.45) is 0 Å². The van der Waals surface area contributed by atoms with Crippen molar-refractivity contribution in [2.75, 3.05) is 0 Å². The first-order valence-electron chi connectivity index (χ1n) is 6.57. The second-order valence-electron chi connectivity index (χ2n) is 5.62. The highest BCUT2D eigenvalue weighted by molar-refractivity contribution is 5.89. The molecule has 17 heavy (non-hydrogen) atoms. The van der Waals surface area contributed by atoms with Crippen LogP contribution >= 0.6 is 0 Å². The average Bonchev–Trinajstić information content (AvgIpc) is 2.66. The summed E-state index contributed by atoms with van der Waals surface area (Å²) < 4.78 is 0. The Labute approximate surface area is 104 Å². The smallest absolute Gasteiger partial charge is 0.140 e. The molecule has 1 heteroatoms.